The first-order valence-electron chi connectivity index (χ1n) is 4.10. The maximum atomic E-state index is 10.3. The number of hydrogen-bond acceptors (Lipinski definition) is 3. The van der Waals surface area contributed by atoms with E-state index in [1.54, 1.807) is 31.2 Å². The molecular formula is C10H12O3. The Hall–Kier alpha value is -1.51. The van der Waals surface area contributed by atoms with Gasteiger partial charge in [0, 0.05) is 5.92 Å². The van der Waals surface area contributed by atoms with Crippen molar-refractivity contribution < 1.29 is 14.6 Å². The average molecular weight is 180 g/mol. The third-order valence-corrected chi connectivity index (χ3v) is 1.60. The number of aldehydes is 1. The van der Waals surface area contributed by atoms with Gasteiger partial charge in [0.1, 0.15) is 6.29 Å². The number of carbonyl (C=O) groups is 1. The van der Waals surface area contributed by atoms with Gasteiger partial charge in [-0.3, -0.25) is 0 Å². The minimum absolute atomic E-state index is 0.0978. The van der Waals surface area contributed by atoms with Gasteiger partial charge in [-0.15, -0.1) is 0 Å². The number of benzene rings is 1. The summed E-state index contributed by atoms with van der Waals surface area (Å²) in [5.74, 6) is 0.358. The summed E-state index contributed by atoms with van der Waals surface area (Å²) in [7, 11) is 0. The minimum atomic E-state index is -0.153. The summed E-state index contributed by atoms with van der Waals surface area (Å²) in [6, 6.07) is 6.68. The predicted octanol–water partition coefficient (Wildman–Crippen LogP) is 1.61. The standard InChI is InChI=1S/C10H12O3/c1-8(6-11)7-13-10-5-3-2-4-9(10)12/h2-6,8,12H,7H2,1H3. The average Bonchev–Trinajstić information content (AvgIpc) is 2.16. The normalized spacial score (nSPS) is 12.1. The zero-order valence-corrected chi connectivity index (χ0v) is 7.43. The van der Waals surface area contributed by atoms with E-state index >= 15 is 0 Å². The number of phenols is 1. The number of hydrogen-bond donors (Lipinski definition) is 1. The summed E-state index contributed by atoms with van der Waals surface area (Å²) in [5.41, 5.74) is 0. The van der Waals surface area contributed by atoms with Crippen LogP contribution in [-0.2, 0) is 4.79 Å². The predicted molar refractivity (Wildman–Crippen MR) is 48.8 cm³/mol. The lowest BCUT2D eigenvalue weighted by Crippen LogP contribution is -2.09. The first kappa shape index (κ1) is 9.58. The van der Waals surface area contributed by atoms with Gasteiger partial charge in [0.25, 0.3) is 0 Å². The van der Waals surface area contributed by atoms with Crippen molar-refractivity contribution in [1.82, 2.24) is 0 Å². The van der Waals surface area contributed by atoms with Gasteiger partial charge in [0.2, 0.25) is 0 Å². The fourth-order valence-electron chi connectivity index (χ4n) is 0.840. The molecule has 0 aliphatic heterocycles. The number of para-hydroxylation sites is 2. The molecule has 0 saturated carbocycles. The molecule has 1 rings (SSSR count). The molecule has 0 radical (unpaired) electrons. The molecule has 0 fully saturated rings. The number of carbonyl (C=O) groups excluding carboxylic acids is 1. The van der Waals surface area contributed by atoms with Crippen molar-refractivity contribution in [3.05, 3.63) is 24.3 Å². The van der Waals surface area contributed by atoms with Crippen LogP contribution in [0.2, 0.25) is 0 Å². The Kier molecular flexibility index (Phi) is 3.31. The van der Waals surface area contributed by atoms with Crippen LogP contribution in [0.5, 0.6) is 11.5 Å². The van der Waals surface area contributed by atoms with Crippen molar-refractivity contribution in [3.8, 4) is 11.5 Å². The third-order valence-electron chi connectivity index (χ3n) is 1.60. The van der Waals surface area contributed by atoms with E-state index in [0.717, 1.165) is 6.29 Å². The molecule has 13 heavy (non-hydrogen) atoms. The zero-order chi connectivity index (χ0) is 9.68. The SMILES string of the molecule is CC(C=O)COc1ccccc1O. The van der Waals surface area contributed by atoms with E-state index in [0.29, 0.717) is 12.4 Å². The quantitative estimate of drug-likeness (QED) is 0.716. The van der Waals surface area contributed by atoms with Crippen LogP contribution in [-0.4, -0.2) is 18.0 Å². The second kappa shape index (κ2) is 4.50. The van der Waals surface area contributed by atoms with E-state index in [9.17, 15) is 9.90 Å². The van der Waals surface area contributed by atoms with E-state index in [1.165, 1.54) is 0 Å². The second-order valence-corrected chi connectivity index (χ2v) is 2.89. The molecule has 0 saturated heterocycles. The molecule has 0 bridgehead atoms. The highest BCUT2D eigenvalue weighted by atomic mass is 16.5. The van der Waals surface area contributed by atoms with Crippen LogP contribution < -0.4 is 4.74 Å². The Morgan fingerprint density at radius 3 is 2.85 bits per heavy atom. The van der Waals surface area contributed by atoms with Crippen LogP contribution in [0.1, 0.15) is 6.92 Å². The minimum Gasteiger partial charge on any atom is -0.504 e. The molecule has 3 heteroatoms. The van der Waals surface area contributed by atoms with Crippen molar-refractivity contribution in [1.29, 1.82) is 0 Å². The molecule has 0 aliphatic rings. The monoisotopic (exact) mass is 180 g/mol. The molecule has 0 heterocycles. The topological polar surface area (TPSA) is 46.5 Å². The molecule has 0 aromatic heterocycles. The van der Waals surface area contributed by atoms with Crippen LogP contribution in [0.4, 0.5) is 0 Å². The van der Waals surface area contributed by atoms with Gasteiger partial charge in [-0.2, -0.15) is 0 Å². The maximum absolute atomic E-state index is 10.3. The molecular weight excluding hydrogens is 168 g/mol. The van der Waals surface area contributed by atoms with Gasteiger partial charge in [0.05, 0.1) is 6.61 Å². The second-order valence-electron chi connectivity index (χ2n) is 2.89. The molecule has 1 atom stereocenters. The summed E-state index contributed by atoms with van der Waals surface area (Å²) >= 11 is 0. The number of aromatic hydroxyl groups is 1. The van der Waals surface area contributed by atoms with Crippen LogP contribution in [0, 0.1) is 5.92 Å². The number of ether oxygens (including phenoxy) is 1. The fraction of sp³-hybridized carbons (Fsp3) is 0.300. The van der Waals surface area contributed by atoms with Gasteiger partial charge in [0.15, 0.2) is 11.5 Å². The molecule has 1 aromatic rings. The van der Waals surface area contributed by atoms with Crippen molar-refractivity contribution in [2.24, 2.45) is 5.92 Å². The Labute approximate surface area is 77.0 Å². The summed E-state index contributed by atoms with van der Waals surface area (Å²) in [5, 5.41) is 9.28. The fourth-order valence-corrected chi connectivity index (χ4v) is 0.840. The Morgan fingerprint density at radius 1 is 1.54 bits per heavy atom. The van der Waals surface area contributed by atoms with Crippen molar-refractivity contribution in [2.45, 2.75) is 6.92 Å². The van der Waals surface area contributed by atoms with Crippen molar-refractivity contribution in [2.75, 3.05) is 6.61 Å². The third kappa shape index (κ3) is 2.78. The lowest BCUT2D eigenvalue weighted by Gasteiger charge is -2.08. The van der Waals surface area contributed by atoms with Gasteiger partial charge in [-0.05, 0) is 12.1 Å². The summed E-state index contributed by atoms with van der Waals surface area (Å²) < 4.78 is 5.21. The van der Waals surface area contributed by atoms with Gasteiger partial charge in [-0.1, -0.05) is 19.1 Å². The van der Waals surface area contributed by atoms with Crippen LogP contribution in [0.25, 0.3) is 0 Å². The molecule has 1 aromatic carbocycles. The lowest BCUT2D eigenvalue weighted by atomic mass is 10.2. The molecule has 1 unspecified atom stereocenters. The van der Waals surface area contributed by atoms with Crippen LogP contribution in [0.15, 0.2) is 24.3 Å². The van der Waals surface area contributed by atoms with E-state index in [2.05, 4.69) is 0 Å². The van der Waals surface area contributed by atoms with Crippen LogP contribution >= 0.6 is 0 Å². The highest BCUT2D eigenvalue weighted by molar-refractivity contribution is 5.53. The van der Waals surface area contributed by atoms with E-state index in [-0.39, 0.29) is 11.7 Å². The molecule has 70 valence electrons. The van der Waals surface area contributed by atoms with E-state index in [4.69, 9.17) is 4.74 Å². The van der Waals surface area contributed by atoms with Crippen LogP contribution in [0.3, 0.4) is 0 Å². The van der Waals surface area contributed by atoms with E-state index < -0.39 is 0 Å². The highest BCUT2D eigenvalue weighted by Crippen LogP contribution is 2.24. The van der Waals surface area contributed by atoms with Gasteiger partial charge < -0.3 is 14.6 Å². The van der Waals surface area contributed by atoms with E-state index in [1.807, 2.05) is 0 Å². The number of rotatable bonds is 4. The molecule has 0 aliphatic carbocycles. The molecule has 0 spiro atoms. The summed E-state index contributed by atoms with van der Waals surface area (Å²) in [6.07, 6.45) is 0.819. The first-order chi connectivity index (χ1) is 6.24. The maximum Gasteiger partial charge on any atom is 0.160 e. The Morgan fingerprint density at radius 2 is 2.23 bits per heavy atom. The Balaban J connectivity index is 2.54. The summed E-state index contributed by atoms with van der Waals surface area (Å²) in [6.45, 7) is 2.05. The first-order valence-corrected chi connectivity index (χ1v) is 4.10. The Bertz CT molecular complexity index is 283. The number of phenolic OH excluding ortho intramolecular Hbond substituents is 1. The molecule has 1 N–H and O–H groups in total. The highest BCUT2D eigenvalue weighted by Gasteiger charge is 2.03. The molecule has 0 amide bonds. The lowest BCUT2D eigenvalue weighted by molar-refractivity contribution is -0.111. The summed E-state index contributed by atoms with van der Waals surface area (Å²) in [4.78, 5) is 10.3. The smallest absolute Gasteiger partial charge is 0.160 e. The van der Waals surface area contributed by atoms with Crippen molar-refractivity contribution >= 4 is 6.29 Å². The zero-order valence-electron chi connectivity index (χ0n) is 7.43. The van der Waals surface area contributed by atoms with Gasteiger partial charge in [-0.25, -0.2) is 0 Å². The van der Waals surface area contributed by atoms with Crippen molar-refractivity contribution in [3.63, 3.8) is 0 Å². The van der Waals surface area contributed by atoms with Gasteiger partial charge >= 0.3 is 0 Å². The molecule has 3 nitrogen and oxygen atoms in total. The largest absolute Gasteiger partial charge is 0.504 e.